The number of carboxylic acids is 1. The fourth-order valence-corrected chi connectivity index (χ4v) is 2.76. The molecular weight excluding hydrogens is 322 g/mol. The molecule has 0 aromatic heterocycles. The number of nitrogens with zero attached hydrogens (tertiary/aromatic N) is 1. The Hall–Kier alpha value is -2.57. The van der Waals surface area contributed by atoms with Crippen molar-refractivity contribution in [2.24, 2.45) is 0 Å². The molecule has 1 saturated heterocycles. The summed E-state index contributed by atoms with van der Waals surface area (Å²) in [5.41, 5.74) is 1.05. The van der Waals surface area contributed by atoms with Gasteiger partial charge in [0.1, 0.15) is 0 Å². The number of aromatic carboxylic acids is 1. The number of hydrogen-bond donors (Lipinski definition) is 3. The second-order valence-electron chi connectivity index (χ2n) is 6.16. The average molecular weight is 347 g/mol. The van der Waals surface area contributed by atoms with Crippen LogP contribution in [0.5, 0.6) is 0 Å². The zero-order valence-corrected chi connectivity index (χ0v) is 14.3. The summed E-state index contributed by atoms with van der Waals surface area (Å²) in [5, 5.41) is 14.3. The van der Waals surface area contributed by atoms with Crippen molar-refractivity contribution in [3.05, 3.63) is 35.4 Å². The van der Waals surface area contributed by atoms with Crippen molar-refractivity contribution in [3.63, 3.8) is 0 Å². The van der Waals surface area contributed by atoms with E-state index in [9.17, 15) is 14.4 Å². The number of benzene rings is 1. The minimum Gasteiger partial charge on any atom is -0.478 e. The van der Waals surface area contributed by atoms with Gasteiger partial charge in [-0.15, -0.1) is 0 Å². The highest BCUT2D eigenvalue weighted by Crippen LogP contribution is 2.11. The van der Waals surface area contributed by atoms with Crippen molar-refractivity contribution < 1.29 is 19.5 Å². The summed E-state index contributed by atoms with van der Waals surface area (Å²) in [6.45, 7) is 2.33. The highest BCUT2D eigenvalue weighted by molar-refractivity contribution is 5.87. The molecular formula is C18H25N3O4. The van der Waals surface area contributed by atoms with Crippen LogP contribution in [0.1, 0.15) is 48.0 Å². The maximum Gasteiger partial charge on any atom is 0.335 e. The summed E-state index contributed by atoms with van der Waals surface area (Å²) in [6.07, 6.45) is 4.50. The van der Waals surface area contributed by atoms with E-state index in [2.05, 4.69) is 10.6 Å². The van der Waals surface area contributed by atoms with Crippen molar-refractivity contribution >= 4 is 17.9 Å². The summed E-state index contributed by atoms with van der Waals surface area (Å²) in [4.78, 5) is 36.3. The standard InChI is InChI=1S/C18H25N3O4/c22-16-5-2-1-3-11-21(16)12-4-10-19-18(25)20-13-14-6-8-15(9-7-14)17(23)24/h6-9H,1-5,10-13H2,(H,23,24)(H2,19,20,25). The molecule has 1 aliphatic rings. The topological polar surface area (TPSA) is 98.7 Å². The van der Waals surface area contributed by atoms with Gasteiger partial charge in [0.2, 0.25) is 5.91 Å². The van der Waals surface area contributed by atoms with Gasteiger partial charge in [0.25, 0.3) is 0 Å². The van der Waals surface area contributed by atoms with E-state index in [0.717, 1.165) is 37.8 Å². The summed E-state index contributed by atoms with van der Waals surface area (Å²) < 4.78 is 0. The first kappa shape index (κ1) is 18.8. The third-order valence-corrected chi connectivity index (χ3v) is 4.22. The number of carbonyl (C=O) groups is 3. The molecule has 1 aromatic carbocycles. The predicted octanol–water partition coefficient (Wildman–Crippen LogP) is 1.98. The number of urea groups is 1. The smallest absolute Gasteiger partial charge is 0.335 e. The number of amides is 3. The van der Waals surface area contributed by atoms with E-state index < -0.39 is 5.97 Å². The number of nitrogens with one attached hydrogen (secondary N) is 2. The molecule has 136 valence electrons. The summed E-state index contributed by atoms with van der Waals surface area (Å²) >= 11 is 0. The van der Waals surface area contributed by atoms with Crippen LogP contribution in [0.4, 0.5) is 4.79 Å². The van der Waals surface area contributed by atoms with E-state index in [4.69, 9.17) is 5.11 Å². The zero-order valence-electron chi connectivity index (χ0n) is 14.3. The molecule has 25 heavy (non-hydrogen) atoms. The second kappa shape index (κ2) is 9.66. The molecule has 1 aliphatic heterocycles. The lowest BCUT2D eigenvalue weighted by Crippen LogP contribution is -2.38. The van der Waals surface area contributed by atoms with Crippen LogP contribution >= 0.6 is 0 Å². The third-order valence-electron chi connectivity index (χ3n) is 4.22. The summed E-state index contributed by atoms with van der Waals surface area (Å²) in [7, 11) is 0. The molecule has 1 heterocycles. The normalized spacial score (nSPS) is 14.7. The molecule has 1 aromatic rings. The van der Waals surface area contributed by atoms with Gasteiger partial charge >= 0.3 is 12.0 Å². The van der Waals surface area contributed by atoms with Crippen LogP contribution in [0.15, 0.2) is 24.3 Å². The molecule has 3 N–H and O–H groups in total. The molecule has 0 spiro atoms. The van der Waals surface area contributed by atoms with Crippen LogP contribution in [-0.4, -0.2) is 47.5 Å². The Labute approximate surface area is 147 Å². The van der Waals surface area contributed by atoms with Gasteiger partial charge in [-0.25, -0.2) is 9.59 Å². The van der Waals surface area contributed by atoms with E-state index in [0.29, 0.717) is 26.1 Å². The maximum absolute atomic E-state index is 11.9. The quantitative estimate of drug-likeness (QED) is 0.657. The van der Waals surface area contributed by atoms with Crippen molar-refractivity contribution in [1.29, 1.82) is 0 Å². The highest BCUT2D eigenvalue weighted by atomic mass is 16.4. The largest absolute Gasteiger partial charge is 0.478 e. The Balaban J connectivity index is 1.62. The monoisotopic (exact) mass is 347 g/mol. The van der Waals surface area contributed by atoms with E-state index in [1.165, 1.54) is 12.1 Å². The maximum atomic E-state index is 11.9. The minimum atomic E-state index is -0.972. The Kier molecular flexibility index (Phi) is 7.25. The molecule has 0 atom stereocenters. The van der Waals surface area contributed by atoms with Gasteiger partial charge in [0, 0.05) is 32.6 Å². The van der Waals surface area contributed by atoms with E-state index in [1.807, 2.05) is 4.90 Å². The third kappa shape index (κ3) is 6.45. The predicted molar refractivity (Wildman–Crippen MR) is 93.3 cm³/mol. The van der Waals surface area contributed by atoms with Crippen molar-refractivity contribution in [1.82, 2.24) is 15.5 Å². The molecule has 0 saturated carbocycles. The fourth-order valence-electron chi connectivity index (χ4n) is 2.76. The van der Waals surface area contributed by atoms with Gasteiger partial charge in [0.05, 0.1) is 5.56 Å². The van der Waals surface area contributed by atoms with E-state index >= 15 is 0 Å². The lowest BCUT2D eigenvalue weighted by atomic mass is 10.1. The van der Waals surface area contributed by atoms with Gasteiger partial charge in [0.15, 0.2) is 0 Å². The second-order valence-corrected chi connectivity index (χ2v) is 6.16. The number of carboxylic acid groups (broad SMARTS) is 1. The first-order chi connectivity index (χ1) is 12.1. The van der Waals surface area contributed by atoms with Crippen LogP contribution in [0.2, 0.25) is 0 Å². The molecule has 0 radical (unpaired) electrons. The van der Waals surface area contributed by atoms with Crippen LogP contribution in [0.25, 0.3) is 0 Å². The molecule has 7 heteroatoms. The number of likely N-dealkylation sites (tertiary alicyclic amines) is 1. The van der Waals surface area contributed by atoms with Crippen LogP contribution in [-0.2, 0) is 11.3 Å². The van der Waals surface area contributed by atoms with Crippen molar-refractivity contribution in [2.45, 2.75) is 38.6 Å². The van der Waals surface area contributed by atoms with Gasteiger partial charge in [-0.2, -0.15) is 0 Å². The molecule has 0 unspecified atom stereocenters. The van der Waals surface area contributed by atoms with Crippen molar-refractivity contribution in [2.75, 3.05) is 19.6 Å². The fraction of sp³-hybridized carbons (Fsp3) is 0.500. The average Bonchev–Trinajstić information content (AvgIpc) is 2.81. The molecule has 0 aliphatic carbocycles. The molecule has 1 fully saturated rings. The Morgan fingerprint density at radius 3 is 2.56 bits per heavy atom. The highest BCUT2D eigenvalue weighted by Gasteiger charge is 2.15. The number of rotatable bonds is 7. The molecule has 3 amide bonds. The zero-order chi connectivity index (χ0) is 18.1. The Morgan fingerprint density at radius 2 is 1.84 bits per heavy atom. The first-order valence-electron chi connectivity index (χ1n) is 8.68. The molecule has 7 nitrogen and oxygen atoms in total. The molecule has 0 bridgehead atoms. The number of carbonyl (C=O) groups excluding carboxylic acids is 2. The van der Waals surface area contributed by atoms with Crippen LogP contribution < -0.4 is 10.6 Å². The van der Waals surface area contributed by atoms with Gasteiger partial charge < -0.3 is 20.6 Å². The minimum absolute atomic E-state index is 0.215. The van der Waals surface area contributed by atoms with Gasteiger partial charge in [-0.05, 0) is 37.0 Å². The summed E-state index contributed by atoms with van der Waals surface area (Å²) in [5.74, 6) is -0.757. The lowest BCUT2D eigenvalue weighted by Gasteiger charge is -2.20. The Bertz CT molecular complexity index is 601. The summed E-state index contributed by atoms with van der Waals surface area (Å²) in [6, 6.07) is 6.10. The first-order valence-corrected chi connectivity index (χ1v) is 8.68. The SMILES string of the molecule is O=C(NCCCN1CCCCCC1=O)NCc1ccc(C(=O)O)cc1. The van der Waals surface area contributed by atoms with E-state index in [-0.39, 0.29) is 17.5 Å². The van der Waals surface area contributed by atoms with Crippen LogP contribution in [0.3, 0.4) is 0 Å². The van der Waals surface area contributed by atoms with Gasteiger partial charge in [-0.1, -0.05) is 18.6 Å². The molecule has 2 rings (SSSR count). The van der Waals surface area contributed by atoms with Crippen LogP contribution in [0, 0.1) is 0 Å². The Morgan fingerprint density at radius 1 is 1.08 bits per heavy atom. The van der Waals surface area contributed by atoms with E-state index in [1.54, 1.807) is 12.1 Å². The lowest BCUT2D eigenvalue weighted by molar-refractivity contribution is -0.130. The van der Waals surface area contributed by atoms with Gasteiger partial charge in [-0.3, -0.25) is 4.79 Å². The number of hydrogen-bond acceptors (Lipinski definition) is 3. The van der Waals surface area contributed by atoms with Crippen molar-refractivity contribution in [3.8, 4) is 0 Å².